The Hall–Kier alpha value is -3.58. The monoisotopic (exact) mass is 421 g/mol. The molecule has 0 aliphatic carbocycles. The number of nitrogens with one attached hydrogen (secondary N) is 2. The average molecular weight is 421 g/mol. The van der Waals surface area contributed by atoms with Crippen LogP contribution in [0.5, 0.6) is 5.75 Å². The maximum Gasteiger partial charge on any atom is 0.238 e. The predicted molar refractivity (Wildman–Crippen MR) is 119 cm³/mol. The number of hydrogen-bond acceptors (Lipinski definition) is 5. The molecular weight excluding hydrogens is 394 g/mol. The van der Waals surface area contributed by atoms with Crippen LogP contribution in [0.15, 0.2) is 77.4 Å². The number of hydrogen-bond donors (Lipinski definition) is 2. The molecule has 162 valence electrons. The SMILES string of the molecule is Cc1cccc(OCCNC(=O)CN(CC(=O)Nc2ccccc2)Cc2ccco2)c1. The largest absolute Gasteiger partial charge is 0.492 e. The summed E-state index contributed by atoms with van der Waals surface area (Å²) in [7, 11) is 0. The Morgan fingerprint density at radius 3 is 2.52 bits per heavy atom. The van der Waals surface area contributed by atoms with Crippen LogP contribution < -0.4 is 15.4 Å². The van der Waals surface area contributed by atoms with Crippen molar-refractivity contribution in [2.75, 3.05) is 31.6 Å². The standard InChI is InChI=1S/C24H27N3O4/c1-19-7-5-10-21(15-19)31-14-12-25-23(28)17-27(16-22-11-6-13-30-22)18-24(29)26-20-8-3-2-4-9-20/h2-11,13,15H,12,14,16-18H2,1H3,(H,25,28)(H,26,29). The first-order valence-corrected chi connectivity index (χ1v) is 10.1. The van der Waals surface area contributed by atoms with E-state index in [0.717, 1.165) is 11.3 Å². The van der Waals surface area contributed by atoms with Crippen molar-refractivity contribution in [3.63, 3.8) is 0 Å². The summed E-state index contributed by atoms with van der Waals surface area (Å²) in [5.41, 5.74) is 1.83. The number of carbonyl (C=O) groups is 2. The molecule has 2 N–H and O–H groups in total. The van der Waals surface area contributed by atoms with E-state index in [-0.39, 0.29) is 24.9 Å². The third kappa shape index (κ3) is 7.98. The lowest BCUT2D eigenvalue weighted by Gasteiger charge is -2.20. The Balaban J connectivity index is 1.47. The van der Waals surface area contributed by atoms with Crippen LogP contribution >= 0.6 is 0 Å². The van der Waals surface area contributed by atoms with Gasteiger partial charge in [-0.1, -0.05) is 30.3 Å². The minimum absolute atomic E-state index is 0.0583. The number of rotatable bonds is 11. The molecule has 31 heavy (non-hydrogen) atoms. The lowest BCUT2D eigenvalue weighted by Crippen LogP contribution is -2.41. The molecule has 0 atom stereocenters. The zero-order valence-corrected chi connectivity index (χ0v) is 17.5. The fourth-order valence-corrected chi connectivity index (χ4v) is 3.04. The van der Waals surface area contributed by atoms with Crippen LogP contribution in [-0.2, 0) is 16.1 Å². The van der Waals surface area contributed by atoms with Gasteiger partial charge >= 0.3 is 0 Å². The Morgan fingerprint density at radius 1 is 0.968 bits per heavy atom. The summed E-state index contributed by atoms with van der Waals surface area (Å²) in [6, 6.07) is 20.5. The van der Waals surface area contributed by atoms with E-state index < -0.39 is 0 Å². The van der Waals surface area contributed by atoms with Crippen molar-refractivity contribution in [2.45, 2.75) is 13.5 Å². The topological polar surface area (TPSA) is 83.8 Å². The van der Waals surface area contributed by atoms with Crippen molar-refractivity contribution in [3.8, 4) is 5.75 Å². The molecule has 7 nitrogen and oxygen atoms in total. The molecule has 1 aromatic heterocycles. The third-order valence-electron chi connectivity index (χ3n) is 4.43. The van der Waals surface area contributed by atoms with Crippen molar-refractivity contribution in [3.05, 3.63) is 84.3 Å². The van der Waals surface area contributed by atoms with Gasteiger partial charge in [0.25, 0.3) is 0 Å². The number of nitrogens with zero attached hydrogens (tertiary/aromatic N) is 1. The summed E-state index contributed by atoms with van der Waals surface area (Å²) in [5.74, 6) is 1.06. The number of benzene rings is 2. The van der Waals surface area contributed by atoms with Crippen LogP contribution in [0.4, 0.5) is 5.69 Å². The van der Waals surface area contributed by atoms with Gasteiger partial charge in [0.15, 0.2) is 0 Å². The molecule has 0 saturated heterocycles. The number of carbonyl (C=O) groups excluding carboxylic acids is 2. The molecule has 2 aromatic carbocycles. The molecule has 0 fully saturated rings. The lowest BCUT2D eigenvalue weighted by atomic mass is 10.2. The third-order valence-corrected chi connectivity index (χ3v) is 4.43. The van der Waals surface area contributed by atoms with Crippen molar-refractivity contribution in [2.24, 2.45) is 0 Å². The van der Waals surface area contributed by atoms with Gasteiger partial charge in [0.1, 0.15) is 18.1 Å². The molecule has 0 unspecified atom stereocenters. The molecule has 0 bridgehead atoms. The van der Waals surface area contributed by atoms with Crippen molar-refractivity contribution >= 4 is 17.5 Å². The molecule has 3 aromatic rings. The highest BCUT2D eigenvalue weighted by molar-refractivity contribution is 5.92. The summed E-state index contributed by atoms with van der Waals surface area (Å²) >= 11 is 0. The second-order valence-corrected chi connectivity index (χ2v) is 7.15. The molecule has 0 radical (unpaired) electrons. The van der Waals surface area contributed by atoms with Crippen LogP contribution in [0, 0.1) is 6.92 Å². The molecule has 7 heteroatoms. The number of amides is 2. The van der Waals surface area contributed by atoms with Gasteiger partial charge in [-0.05, 0) is 48.9 Å². The van der Waals surface area contributed by atoms with Gasteiger partial charge in [-0.15, -0.1) is 0 Å². The first-order valence-electron chi connectivity index (χ1n) is 10.1. The van der Waals surface area contributed by atoms with E-state index in [2.05, 4.69) is 10.6 Å². The Labute approximate surface area is 182 Å². The number of para-hydroxylation sites is 1. The summed E-state index contributed by atoms with van der Waals surface area (Å²) < 4.78 is 11.0. The van der Waals surface area contributed by atoms with Crippen LogP contribution in [0.1, 0.15) is 11.3 Å². The number of furan rings is 1. The number of aryl methyl sites for hydroxylation is 1. The van der Waals surface area contributed by atoms with Crippen LogP contribution in [0.25, 0.3) is 0 Å². The second-order valence-electron chi connectivity index (χ2n) is 7.15. The van der Waals surface area contributed by atoms with Crippen molar-refractivity contribution in [1.29, 1.82) is 0 Å². The molecular formula is C24H27N3O4. The van der Waals surface area contributed by atoms with Gasteiger partial charge in [0.05, 0.1) is 32.4 Å². The highest BCUT2D eigenvalue weighted by atomic mass is 16.5. The van der Waals surface area contributed by atoms with Gasteiger partial charge in [-0.2, -0.15) is 0 Å². The first-order chi connectivity index (χ1) is 15.1. The van der Waals surface area contributed by atoms with Crippen molar-refractivity contribution in [1.82, 2.24) is 10.2 Å². The lowest BCUT2D eigenvalue weighted by molar-refractivity contribution is -0.123. The van der Waals surface area contributed by atoms with Gasteiger partial charge in [-0.3, -0.25) is 14.5 Å². The van der Waals surface area contributed by atoms with E-state index >= 15 is 0 Å². The van der Waals surface area contributed by atoms with E-state index in [9.17, 15) is 9.59 Å². The predicted octanol–water partition coefficient (Wildman–Crippen LogP) is 3.22. The highest BCUT2D eigenvalue weighted by Gasteiger charge is 2.16. The highest BCUT2D eigenvalue weighted by Crippen LogP contribution is 2.12. The van der Waals surface area contributed by atoms with E-state index in [1.54, 1.807) is 17.2 Å². The minimum atomic E-state index is -0.201. The van der Waals surface area contributed by atoms with E-state index in [4.69, 9.17) is 9.15 Å². The Morgan fingerprint density at radius 2 is 1.77 bits per heavy atom. The quantitative estimate of drug-likeness (QED) is 0.465. The molecule has 1 heterocycles. The summed E-state index contributed by atoms with van der Waals surface area (Å²) in [4.78, 5) is 26.6. The summed E-state index contributed by atoms with van der Waals surface area (Å²) in [6.07, 6.45) is 1.57. The van der Waals surface area contributed by atoms with E-state index in [1.165, 1.54) is 0 Å². The van der Waals surface area contributed by atoms with E-state index in [1.807, 2.05) is 67.6 Å². The number of ether oxygens (including phenoxy) is 1. The summed E-state index contributed by atoms with van der Waals surface area (Å²) in [6.45, 7) is 3.20. The van der Waals surface area contributed by atoms with Crippen LogP contribution in [0.3, 0.4) is 0 Å². The fourth-order valence-electron chi connectivity index (χ4n) is 3.04. The zero-order chi connectivity index (χ0) is 21.9. The maximum atomic E-state index is 12.4. The molecule has 0 aliphatic rings. The Bertz CT molecular complexity index is 958. The van der Waals surface area contributed by atoms with Gasteiger partial charge in [-0.25, -0.2) is 0 Å². The normalized spacial score (nSPS) is 10.6. The van der Waals surface area contributed by atoms with Gasteiger partial charge in [0, 0.05) is 5.69 Å². The van der Waals surface area contributed by atoms with Crippen LogP contribution in [0.2, 0.25) is 0 Å². The fraction of sp³-hybridized carbons (Fsp3) is 0.250. The maximum absolute atomic E-state index is 12.4. The van der Waals surface area contributed by atoms with Gasteiger partial charge < -0.3 is 19.8 Å². The molecule has 0 aliphatic heterocycles. The molecule has 0 saturated carbocycles. The number of anilines is 1. The smallest absolute Gasteiger partial charge is 0.238 e. The average Bonchev–Trinajstić information content (AvgIpc) is 3.25. The Kier molecular flexibility index (Phi) is 8.25. The summed E-state index contributed by atoms with van der Waals surface area (Å²) in [5, 5.41) is 5.67. The first kappa shape index (κ1) is 22.1. The molecule has 3 rings (SSSR count). The van der Waals surface area contributed by atoms with Crippen LogP contribution in [-0.4, -0.2) is 43.0 Å². The minimum Gasteiger partial charge on any atom is -0.492 e. The second kappa shape index (κ2) is 11.6. The zero-order valence-electron chi connectivity index (χ0n) is 17.5. The molecule has 0 spiro atoms. The van der Waals surface area contributed by atoms with Gasteiger partial charge in [0.2, 0.25) is 11.8 Å². The van der Waals surface area contributed by atoms with Crippen molar-refractivity contribution < 1.29 is 18.7 Å². The molecule has 2 amide bonds. The van der Waals surface area contributed by atoms with E-state index in [0.29, 0.717) is 31.1 Å².